The Morgan fingerprint density at radius 3 is 2.62 bits per heavy atom. The molecule has 0 aliphatic rings. The monoisotopic (exact) mass is 304 g/mol. The lowest BCUT2D eigenvalue weighted by Crippen LogP contribution is -2.26. The summed E-state index contributed by atoms with van der Waals surface area (Å²) in [6.45, 7) is 2.69. The Balaban J connectivity index is 2.35. The van der Waals surface area contributed by atoms with Crippen LogP contribution in [-0.4, -0.2) is 36.9 Å². The number of nitrogens with zero attached hydrogens (tertiary/aromatic N) is 3. The zero-order chi connectivity index (χ0) is 15.6. The highest BCUT2D eigenvalue weighted by Crippen LogP contribution is 2.26. The van der Waals surface area contributed by atoms with E-state index < -0.39 is 0 Å². The summed E-state index contributed by atoms with van der Waals surface area (Å²) in [4.78, 5) is 21.3. The number of carbonyl (C=O) groups excluding carboxylic acids is 1. The van der Waals surface area contributed by atoms with Crippen LogP contribution in [0.4, 0.5) is 11.4 Å². The summed E-state index contributed by atoms with van der Waals surface area (Å²) in [5.74, 6) is -0.0297. The molecule has 0 aliphatic heterocycles. The normalized spacial score (nSPS) is 10.5. The first-order valence-corrected chi connectivity index (χ1v) is 7.49. The van der Waals surface area contributed by atoms with Crippen LogP contribution in [0.1, 0.15) is 20.9 Å². The maximum absolute atomic E-state index is 12.3. The van der Waals surface area contributed by atoms with Crippen LogP contribution >= 0.6 is 11.3 Å². The number of aromatic nitrogens is 1. The van der Waals surface area contributed by atoms with Gasteiger partial charge in [-0.15, -0.1) is 11.3 Å². The van der Waals surface area contributed by atoms with Crippen LogP contribution in [0.25, 0.3) is 0 Å². The molecule has 0 aliphatic carbocycles. The maximum atomic E-state index is 12.3. The van der Waals surface area contributed by atoms with Crippen molar-refractivity contribution in [3.8, 4) is 0 Å². The van der Waals surface area contributed by atoms with E-state index in [4.69, 9.17) is 5.73 Å². The van der Waals surface area contributed by atoms with Crippen LogP contribution < -0.4 is 10.6 Å². The molecular formula is C15H20N4OS. The molecule has 0 radical (unpaired) electrons. The molecule has 6 heteroatoms. The summed E-state index contributed by atoms with van der Waals surface area (Å²) < 4.78 is 0. The van der Waals surface area contributed by atoms with Crippen LogP contribution in [-0.2, 0) is 6.54 Å². The highest BCUT2D eigenvalue weighted by Gasteiger charge is 2.17. The molecule has 1 aromatic carbocycles. The van der Waals surface area contributed by atoms with Gasteiger partial charge in [-0.3, -0.25) is 4.79 Å². The molecule has 0 atom stereocenters. The van der Waals surface area contributed by atoms with E-state index >= 15 is 0 Å². The highest BCUT2D eigenvalue weighted by molar-refractivity contribution is 7.09. The molecule has 0 saturated heterocycles. The zero-order valence-electron chi connectivity index (χ0n) is 12.8. The van der Waals surface area contributed by atoms with Gasteiger partial charge in [0.05, 0.1) is 29.0 Å². The van der Waals surface area contributed by atoms with E-state index in [2.05, 4.69) is 4.98 Å². The van der Waals surface area contributed by atoms with E-state index in [0.717, 1.165) is 11.4 Å². The lowest BCUT2D eigenvalue weighted by Gasteiger charge is -2.23. The van der Waals surface area contributed by atoms with Gasteiger partial charge in [0.25, 0.3) is 5.91 Å². The molecule has 0 spiro atoms. The molecule has 1 aromatic heterocycles. The van der Waals surface area contributed by atoms with E-state index in [0.29, 0.717) is 17.8 Å². The fourth-order valence-electron chi connectivity index (χ4n) is 2.06. The van der Waals surface area contributed by atoms with Gasteiger partial charge in [0.2, 0.25) is 0 Å². The number of hydrogen-bond acceptors (Lipinski definition) is 5. The third kappa shape index (κ3) is 3.33. The number of benzene rings is 1. The Morgan fingerprint density at radius 1 is 1.33 bits per heavy atom. The van der Waals surface area contributed by atoms with Crippen LogP contribution in [0, 0.1) is 6.92 Å². The third-order valence-corrected chi connectivity index (χ3v) is 4.22. The number of aryl methyl sites for hydroxylation is 1. The van der Waals surface area contributed by atoms with Gasteiger partial charge in [0.15, 0.2) is 0 Å². The molecule has 0 unspecified atom stereocenters. The molecule has 1 amide bonds. The molecule has 2 aromatic rings. The van der Waals surface area contributed by atoms with Crippen molar-refractivity contribution in [3.63, 3.8) is 0 Å². The SMILES string of the molecule is Cc1ncsc1CN(C)c1cc(N)ccc1C(=O)N(C)C. The summed E-state index contributed by atoms with van der Waals surface area (Å²) in [7, 11) is 5.45. The quantitative estimate of drug-likeness (QED) is 0.881. The second-order valence-corrected chi connectivity index (χ2v) is 6.13. The Bertz CT molecular complexity index is 651. The van der Waals surface area contributed by atoms with Crippen LogP contribution in [0.3, 0.4) is 0 Å². The van der Waals surface area contributed by atoms with Crippen molar-refractivity contribution in [2.75, 3.05) is 31.8 Å². The minimum atomic E-state index is -0.0297. The molecule has 0 saturated carbocycles. The van der Waals surface area contributed by atoms with Crippen molar-refractivity contribution in [2.45, 2.75) is 13.5 Å². The van der Waals surface area contributed by atoms with E-state index in [1.807, 2.05) is 30.4 Å². The predicted molar refractivity (Wildman–Crippen MR) is 87.8 cm³/mol. The fourth-order valence-corrected chi connectivity index (χ4v) is 2.89. The molecule has 0 bridgehead atoms. The molecule has 0 fully saturated rings. The molecule has 112 valence electrons. The first-order valence-electron chi connectivity index (χ1n) is 6.61. The average Bonchev–Trinajstić information content (AvgIpc) is 2.83. The molecular weight excluding hydrogens is 284 g/mol. The van der Waals surface area contributed by atoms with Gasteiger partial charge in [-0.05, 0) is 25.1 Å². The van der Waals surface area contributed by atoms with Crippen molar-refractivity contribution < 1.29 is 4.79 Å². The number of hydrogen-bond donors (Lipinski definition) is 1. The van der Waals surface area contributed by atoms with Gasteiger partial charge in [0.1, 0.15) is 0 Å². The van der Waals surface area contributed by atoms with Crippen LogP contribution in [0.15, 0.2) is 23.7 Å². The molecule has 2 N–H and O–H groups in total. The summed E-state index contributed by atoms with van der Waals surface area (Å²) in [6.07, 6.45) is 0. The van der Waals surface area contributed by atoms with Crippen molar-refractivity contribution in [3.05, 3.63) is 39.8 Å². The minimum Gasteiger partial charge on any atom is -0.399 e. The Morgan fingerprint density at radius 2 is 2.05 bits per heavy atom. The van der Waals surface area contributed by atoms with Gasteiger partial charge < -0.3 is 15.5 Å². The number of amides is 1. The molecule has 1 heterocycles. The Kier molecular flexibility index (Phi) is 4.47. The second-order valence-electron chi connectivity index (χ2n) is 5.19. The van der Waals surface area contributed by atoms with E-state index in [-0.39, 0.29) is 5.91 Å². The maximum Gasteiger partial charge on any atom is 0.255 e. The summed E-state index contributed by atoms with van der Waals surface area (Å²) in [5, 5.41) is 0. The second kappa shape index (κ2) is 6.13. The molecule has 5 nitrogen and oxygen atoms in total. The van der Waals surface area contributed by atoms with Gasteiger partial charge in [0, 0.05) is 31.7 Å². The van der Waals surface area contributed by atoms with Crippen molar-refractivity contribution in [2.24, 2.45) is 0 Å². The molecule has 2 rings (SSSR count). The van der Waals surface area contributed by atoms with E-state index in [9.17, 15) is 4.79 Å². The number of thiazole rings is 1. The van der Waals surface area contributed by atoms with Gasteiger partial charge in [-0.2, -0.15) is 0 Å². The number of nitrogen functional groups attached to an aromatic ring is 1. The van der Waals surface area contributed by atoms with Crippen LogP contribution in [0.5, 0.6) is 0 Å². The minimum absolute atomic E-state index is 0.0297. The van der Waals surface area contributed by atoms with Crippen molar-refractivity contribution in [1.29, 1.82) is 0 Å². The number of rotatable bonds is 4. The highest BCUT2D eigenvalue weighted by atomic mass is 32.1. The molecule has 21 heavy (non-hydrogen) atoms. The standard InChI is InChI=1S/C15H20N4OS/c1-10-14(21-9-17-10)8-19(4)13-7-11(16)5-6-12(13)15(20)18(2)3/h5-7,9H,8,16H2,1-4H3. The van der Waals surface area contributed by atoms with Gasteiger partial charge in [-0.25, -0.2) is 4.98 Å². The predicted octanol–water partition coefficient (Wildman–Crippen LogP) is 2.37. The van der Waals surface area contributed by atoms with Crippen molar-refractivity contribution in [1.82, 2.24) is 9.88 Å². The Labute approximate surface area is 129 Å². The topological polar surface area (TPSA) is 62.5 Å². The fraction of sp³-hybridized carbons (Fsp3) is 0.333. The zero-order valence-corrected chi connectivity index (χ0v) is 13.6. The van der Waals surface area contributed by atoms with Crippen LogP contribution in [0.2, 0.25) is 0 Å². The van der Waals surface area contributed by atoms with Gasteiger partial charge in [-0.1, -0.05) is 0 Å². The van der Waals surface area contributed by atoms with E-state index in [1.165, 1.54) is 4.88 Å². The summed E-state index contributed by atoms with van der Waals surface area (Å²) >= 11 is 1.62. The lowest BCUT2D eigenvalue weighted by atomic mass is 10.1. The van der Waals surface area contributed by atoms with Crippen molar-refractivity contribution >= 4 is 28.6 Å². The first-order chi connectivity index (χ1) is 9.90. The average molecular weight is 304 g/mol. The third-order valence-electron chi connectivity index (χ3n) is 3.30. The lowest BCUT2D eigenvalue weighted by molar-refractivity contribution is 0.0828. The van der Waals surface area contributed by atoms with Gasteiger partial charge >= 0.3 is 0 Å². The summed E-state index contributed by atoms with van der Waals surface area (Å²) in [5.41, 5.74) is 10.9. The number of nitrogens with two attached hydrogens (primary N) is 1. The first kappa shape index (κ1) is 15.3. The smallest absolute Gasteiger partial charge is 0.255 e. The number of carbonyl (C=O) groups is 1. The van der Waals surface area contributed by atoms with E-state index in [1.54, 1.807) is 42.5 Å². The largest absolute Gasteiger partial charge is 0.399 e. The summed E-state index contributed by atoms with van der Waals surface area (Å²) in [6, 6.07) is 5.38. The Hall–Kier alpha value is -2.08. The number of anilines is 2.